The highest BCUT2D eigenvalue weighted by molar-refractivity contribution is 5.78. The molecular weight excluding hydrogens is 374 g/mol. The summed E-state index contributed by atoms with van der Waals surface area (Å²) < 4.78 is 6.06. The molecule has 6 N–H and O–H groups in total. The fourth-order valence-corrected chi connectivity index (χ4v) is 6.76. The molecule has 1 aliphatic heterocycles. The molecule has 0 aromatic rings. The number of guanidine groups is 1. The maximum Gasteiger partial charge on any atom is 0.191 e. The molecule has 4 bridgehead atoms. The molecule has 4 atom stereocenters. The van der Waals surface area contributed by atoms with Gasteiger partial charge in [-0.25, -0.2) is 0 Å². The number of hydrogen-bond acceptors (Lipinski definition) is 6. The lowest BCUT2D eigenvalue weighted by atomic mass is 9.50. The van der Waals surface area contributed by atoms with E-state index in [2.05, 4.69) is 4.99 Å². The van der Waals surface area contributed by atoms with Gasteiger partial charge in [-0.1, -0.05) is 0 Å². The van der Waals surface area contributed by atoms with Gasteiger partial charge in [0.25, 0.3) is 0 Å². The highest BCUT2D eigenvalue weighted by Gasteiger charge is 2.50. The van der Waals surface area contributed by atoms with Gasteiger partial charge in [0.15, 0.2) is 5.96 Å². The number of piperidine rings is 1. The van der Waals surface area contributed by atoms with Crippen molar-refractivity contribution in [2.45, 2.75) is 69.3 Å². The van der Waals surface area contributed by atoms with Crippen molar-refractivity contribution in [2.24, 2.45) is 33.9 Å². The highest BCUT2D eigenvalue weighted by atomic mass is 16.5. The average molecular weight is 412 g/mol. The summed E-state index contributed by atoms with van der Waals surface area (Å²) in [6, 6.07) is -0.774. The van der Waals surface area contributed by atoms with Crippen LogP contribution in [0, 0.1) is 23.2 Å². The normalized spacial score (nSPS) is 44.5. The second-order valence-corrected chi connectivity index (χ2v) is 10.0. The molecule has 8 nitrogen and oxygen atoms in total. The first kappa shape index (κ1) is 21.3. The summed E-state index contributed by atoms with van der Waals surface area (Å²) in [4.78, 5) is 5.80. The van der Waals surface area contributed by atoms with Crippen LogP contribution < -0.4 is 5.73 Å². The first-order valence-electron chi connectivity index (χ1n) is 11.2. The fraction of sp³-hybridized carbons (Fsp3) is 0.952. The maximum absolute atomic E-state index is 10.0. The number of nitrogens with two attached hydrogens (primary N) is 1. The number of ether oxygens (including phenoxy) is 1. The minimum Gasteiger partial charge on any atom is -0.394 e. The van der Waals surface area contributed by atoms with E-state index >= 15 is 0 Å². The van der Waals surface area contributed by atoms with Crippen molar-refractivity contribution in [1.82, 2.24) is 4.90 Å². The Kier molecular flexibility index (Phi) is 6.37. The van der Waals surface area contributed by atoms with Crippen molar-refractivity contribution in [3.05, 3.63) is 0 Å². The predicted molar refractivity (Wildman–Crippen MR) is 108 cm³/mol. The summed E-state index contributed by atoms with van der Waals surface area (Å²) in [6.07, 6.45) is 5.41. The molecule has 8 heteroatoms. The van der Waals surface area contributed by atoms with Crippen molar-refractivity contribution in [3.8, 4) is 0 Å². The third-order valence-corrected chi connectivity index (χ3v) is 7.70. The smallest absolute Gasteiger partial charge is 0.191 e. The Balaban J connectivity index is 1.20. The standard InChI is InChI=1S/C21H37N3O5/c22-20(24-10-17(26)19(28)18(27)16(24)11-25)23-2-1-3-29-12-21-7-13-4-14(8-21)6-15(5-13)9-21/h13-19,25-28H,1-12H2,(H2,22,23)/t13?,14?,15?,16-,17+,18-,19-,21?/m1/s1. The first-order valence-corrected chi connectivity index (χ1v) is 11.2. The predicted octanol–water partition coefficient (Wildman–Crippen LogP) is -0.317. The number of likely N-dealkylation sites (tertiary alicyclic amines) is 1. The van der Waals surface area contributed by atoms with E-state index < -0.39 is 24.4 Å². The van der Waals surface area contributed by atoms with Gasteiger partial charge in [-0.3, -0.25) is 4.99 Å². The lowest BCUT2D eigenvalue weighted by Gasteiger charge is -2.56. The summed E-state index contributed by atoms with van der Waals surface area (Å²) in [5.41, 5.74) is 6.44. The zero-order valence-electron chi connectivity index (χ0n) is 17.2. The van der Waals surface area contributed by atoms with Crippen molar-refractivity contribution in [2.75, 3.05) is 32.9 Å². The van der Waals surface area contributed by atoms with E-state index in [1.54, 1.807) is 0 Å². The summed E-state index contributed by atoms with van der Waals surface area (Å²) in [5.74, 6) is 2.96. The van der Waals surface area contributed by atoms with E-state index in [1.165, 1.54) is 43.4 Å². The molecule has 0 aromatic heterocycles. The summed E-state index contributed by atoms with van der Waals surface area (Å²) in [6.45, 7) is 1.64. The van der Waals surface area contributed by atoms with Crippen LogP contribution in [0.2, 0.25) is 0 Å². The van der Waals surface area contributed by atoms with Gasteiger partial charge in [-0.05, 0) is 68.1 Å². The largest absolute Gasteiger partial charge is 0.394 e. The van der Waals surface area contributed by atoms with E-state index in [0.29, 0.717) is 18.6 Å². The Bertz CT molecular complexity index is 566. The van der Waals surface area contributed by atoms with Gasteiger partial charge in [0.2, 0.25) is 0 Å². The van der Waals surface area contributed by atoms with Crippen LogP contribution in [0.25, 0.3) is 0 Å². The van der Waals surface area contributed by atoms with Crippen molar-refractivity contribution in [3.63, 3.8) is 0 Å². The van der Waals surface area contributed by atoms with Crippen LogP contribution in [0.15, 0.2) is 4.99 Å². The first-order chi connectivity index (χ1) is 13.9. The molecule has 0 amide bonds. The SMILES string of the molecule is NC(=NCCCOCC12CC3CC(CC(C3)C1)C2)N1C[C@H](O)[C@@H](O)[C@H](O)[C@H]1CO. The number of rotatable bonds is 7. The molecule has 0 unspecified atom stereocenters. The topological polar surface area (TPSA) is 132 Å². The molecular formula is C21H37N3O5. The lowest BCUT2D eigenvalue weighted by molar-refractivity contribution is -0.128. The Morgan fingerprint density at radius 2 is 1.66 bits per heavy atom. The summed E-state index contributed by atoms with van der Waals surface area (Å²) in [5, 5.41) is 39.2. The van der Waals surface area contributed by atoms with Gasteiger partial charge >= 0.3 is 0 Å². The van der Waals surface area contributed by atoms with Crippen molar-refractivity contribution < 1.29 is 25.2 Å². The van der Waals surface area contributed by atoms with Gasteiger partial charge < -0.3 is 35.8 Å². The van der Waals surface area contributed by atoms with E-state index in [1.807, 2.05) is 0 Å². The van der Waals surface area contributed by atoms with Crippen LogP contribution in [-0.4, -0.2) is 88.5 Å². The van der Waals surface area contributed by atoms with Gasteiger partial charge in [0.05, 0.1) is 19.3 Å². The van der Waals surface area contributed by atoms with Crippen LogP contribution >= 0.6 is 0 Å². The zero-order valence-corrected chi connectivity index (χ0v) is 17.2. The molecule has 1 heterocycles. The van der Waals surface area contributed by atoms with E-state index in [0.717, 1.165) is 30.8 Å². The van der Waals surface area contributed by atoms with Crippen molar-refractivity contribution >= 4 is 5.96 Å². The zero-order chi connectivity index (χ0) is 20.6. The fourth-order valence-electron chi connectivity index (χ4n) is 6.76. The van der Waals surface area contributed by atoms with Crippen LogP contribution in [0.1, 0.15) is 44.9 Å². The summed E-state index contributed by atoms with van der Waals surface area (Å²) in [7, 11) is 0. The Labute approximate surface area is 172 Å². The number of hydrogen-bond donors (Lipinski definition) is 5. The van der Waals surface area contributed by atoms with Crippen LogP contribution in [0.5, 0.6) is 0 Å². The van der Waals surface area contributed by atoms with Crippen LogP contribution in [0.3, 0.4) is 0 Å². The second kappa shape index (κ2) is 8.67. The molecule has 29 heavy (non-hydrogen) atoms. The number of aliphatic hydroxyl groups is 4. The van der Waals surface area contributed by atoms with E-state index in [9.17, 15) is 20.4 Å². The third kappa shape index (κ3) is 4.42. The minimum absolute atomic E-state index is 0.0291. The highest BCUT2D eigenvalue weighted by Crippen LogP contribution is 2.60. The van der Waals surface area contributed by atoms with Crippen molar-refractivity contribution in [1.29, 1.82) is 0 Å². The molecule has 166 valence electrons. The average Bonchev–Trinajstić information content (AvgIpc) is 2.67. The Morgan fingerprint density at radius 1 is 1.03 bits per heavy atom. The summed E-state index contributed by atoms with van der Waals surface area (Å²) >= 11 is 0. The van der Waals surface area contributed by atoms with E-state index in [-0.39, 0.29) is 19.1 Å². The molecule has 5 fully saturated rings. The van der Waals surface area contributed by atoms with Gasteiger partial charge in [0.1, 0.15) is 18.3 Å². The van der Waals surface area contributed by atoms with Gasteiger partial charge in [-0.2, -0.15) is 0 Å². The maximum atomic E-state index is 10.0. The minimum atomic E-state index is -1.30. The number of nitrogens with zero attached hydrogens (tertiary/aromatic N) is 2. The monoisotopic (exact) mass is 411 g/mol. The molecule has 0 radical (unpaired) electrons. The number of aliphatic imine (C=N–C) groups is 1. The molecule has 4 saturated carbocycles. The third-order valence-electron chi connectivity index (χ3n) is 7.70. The van der Waals surface area contributed by atoms with Crippen LogP contribution in [-0.2, 0) is 4.74 Å². The molecule has 5 rings (SSSR count). The second-order valence-electron chi connectivity index (χ2n) is 10.0. The quantitative estimate of drug-likeness (QED) is 0.220. The van der Waals surface area contributed by atoms with Gasteiger partial charge in [-0.15, -0.1) is 0 Å². The Morgan fingerprint density at radius 3 is 2.24 bits per heavy atom. The number of aliphatic hydroxyl groups excluding tert-OH is 4. The van der Waals surface area contributed by atoms with Gasteiger partial charge in [0, 0.05) is 19.7 Å². The lowest BCUT2D eigenvalue weighted by Crippen LogP contribution is -2.65. The molecule has 0 aromatic carbocycles. The number of β-amino-alcohol motifs (C(OH)–C–C–N with tert-alkyl or cyclic N) is 1. The molecule has 0 spiro atoms. The molecule has 1 saturated heterocycles. The van der Waals surface area contributed by atoms with Crippen LogP contribution in [0.4, 0.5) is 0 Å². The molecule has 4 aliphatic carbocycles. The van der Waals surface area contributed by atoms with E-state index in [4.69, 9.17) is 10.5 Å². The molecule has 5 aliphatic rings. The Hall–Kier alpha value is -0.930.